The number of nitrogens with two attached hydrogens (primary N) is 1. The van der Waals surface area contributed by atoms with E-state index in [-0.39, 0.29) is 24.0 Å². The van der Waals surface area contributed by atoms with Gasteiger partial charge in [-0.25, -0.2) is 8.42 Å². The van der Waals surface area contributed by atoms with E-state index in [9.17, 15) is 8.42 Å². The van der Waals surface area contributed by atoms with Crippen LogP contribution in [0.3, 0.4) is 0 Å². The molecule has 1 fully saturated rings. The second-order valence-electron chi connectivity index (χ2n) is 4.96. The average Bonchev–Trinajstić information content (AvgIpc) is 2.26. The van der Waals surface area contributed by atoms with Crippen molar-refractivity contribution in [2.75, 3.05) is 25.1 Å². The van der Waals surface area contributed by atoms with Crippen LogP contribution in [0.2, 0.25) is 0 Å². The van der Waals surface area contributed by atoms with Gasteiger partial charge in [0.05, 0.1) is 11.5 Å². The van der Waals surface area contributed by atoms with Crippen molar-refractivity contribution in [2.24, 2.45) is 5.73 Å². The van der Waals surface area contributed by atoms with E-state index in [2.05, 4.69) is 4.90 Å². The largest absolute Gasteiger partial charge is 0.324 e. The van der Waals surface area contributed by atoms with Crippen LogP contribution in [0.5, 0.6) is 0 Å². The lowest BCUT2D eigenvalue weighted by Gasteiger charge is -2.30. The molecule has 0 bridgehead atoms. The van der Waals surface area contributed by atoms with Gasteiger partial charge in [-0.2, -0.15) is 0 Å². The molecule has 1 saturated heterocycles. The van der Waals surface area contributed by atoms with Crippen molar-refractivity contribution in [1.82, 2.24) is 4.90 Å². The predicted molar refractivity (Wildman–Crippen MR) is 65.2 cm³/mol. The molecule has 0 radical (unpaired) electrons. The fourth-order valence-corrected chi connectivity index (χ4v) is 3.70. The molecule has 2 N–H and O–H groups in total. The molecule has 1 heterocycles. The molecular formula is C9H21ClN2O2S. The Balaban J connectivity index is 0.00000196. The number of sulfone groups is 1. The first kappa shape index (κ1) is 15.2. The second-order valence-corrected chi connectivity index (χ2v) is 7.19. The highest BCUT2D eigenvalue weighted by Crippen LogP contribution is 2.17. The maximum atomic E-state index is 11.3. The van der Waals surface area contributed by atoms with Crippen LogP contribution in [0.15, 0.2) is 0 Å². The van der Waals surface area contributed by atoms with E-state index in [1.165, 1.54) is 0 Å². The van der Waals surface area contributed by atoms with Crippen molar-refractivity contribution < 1.29 is 8.42 Å². The summed E-state index contributed by atoms with van der Waals surface area (Å²) in [6, 6.07) is 0.155. The van der Waals surface area contributed by atoms with Gasteiger partial charge in [-0.05, 0) is 27.3 Å². The van der Waals surface area contributed by atoms with Gasteiger partial charge in [0.1, 0.15) is 0 Å². The summed E-state index contributed by atoms with van der Waals surface area (Å²) in [5, 5.41) is 0. The topological polar surface area (TPSA) is 63.4 Å². The van der Waals surface area contributed by atoms with Gasteiger partial charge in [-0.1, -0.05) is 0 Å². The van der Waals surface area contributed by atoms with Crippen molar-refractivity contribution >= 4 is 22.2 Å². The molecule has 0 aromatic rings. The van der Waals surface area contributed by atoms with Crippen molar-refractivity contribution in [1.29, 1.82) is 0 Å². The van der Waals surface area contributed by atoms with E-state index < -0.39 is 9.84 Å². The summed E-state index contributed by atoms with van der Waals surface area (Å²) in [4.78, 5) is 2.06. The standard InChI is InChI=1S/C9H20N2O2S.ClH/c1-9(2,10)7-11(3)8-4-5-14(12,13)6-8;/h8H,4-7,10H2,1-3H3;1H. The minimum atomic E-state index is -2.78. The maximum absolute atomic E-state index is 11.3. The zero-order valence-corrected chi connectivity index (χ0v) is 11.2. The fraction of sp³-hybridized carbons (Fsp3) is 1.00. The van der Waals surface area contributed by atoms with E-state index in [0.717, 1.165) is 13.0 Å². The van der Waals surface area contributed by atoms with Gasteiger partial charge in [-0.15, -0.1) is 12.4 Å². The summed E-state index contributed by atoms with van der Waals surface area (Å²) in [6.07, 6.45) is 0.745. The van der Waals surface area contributed by atoms with Gasteiger partial charge >= 0.3 is 0 Å². The third kappa shape index (κ3) is 5.15. The number of halogens is 1. The van der Waals surface area contributed by atoms with E-state index in [0.29, 0.717) is 11.5 Å². The van der Waals surface area contributed by atoms with E-state index in [4.69, 9.17) is 5.73 Å². The lowest BCUT2D eigenvalue weighted by molar-refractivity contribution is 0.217. The number of rotatable bonds is 3. The Morgan fingerprint density at radius 1 is 1.47 bits per heavy atom. The molecule has 0 spiro atoms. The van der Waals surface area contributed by atoms with E-state index in [1.807, 2.05) is 20.9 Å². The lowest BCUT2D eigenvalue weighted by atomic mass is 10.1. The average molecular weight is 257 g/mol. The molecule has 0 amide bonds. The van der Waals surface area contributed by atoms with Crippen molar-refractivity contribution in [3.63, 3.8) is 0 Å². The highest BCUT2D eigenvalue weighted by atomic mass is 35.5. The molecule has 0 aliphatic carbocycles. The number of likely N-dealkylation sites (N-methyl/N-ethyl adjacent to an activating group) is 1. The second kappa shape index (κ2) is 4.99. The van der Waals surface area contributed by atoms with Crippen LogP contribution in [0.4, 0.5) is 0 Å². The minimum absolute atomic E-state index is 0. The number of hydrogen-bond donors (Lipinski definition) is 1. The van der Waals surface area contributed by atoms with Crippen LogP contribution in [0.1, 0.15) is 20.3 Å². The van der Waals surface area contributed by atoms with Crippen LogP contribution in [-0.2, 0) is 9.84 Å². The first-order chi connectivity index (χ1) is 6.20. The van der Waals surface area contributed by atoms with Crippen LogP contribution in [0, 0.1) is 0 Å². The Kier molecular flexibility index (Phi) is 5.05. The molecule has 1 aliphatic heterocycles. The first-order valence-electron chi connectivity index (χ1n) is 4.89. The molecule has 1 aliphatic rings. The van der Waals surface area contributed by atoms with E-state index >= 15 is 0 Å². The van der Waals surface area contributed by atoms with Gasteiger partial charge in [0.15, 0.2) is 9.84 Å². The predicted octanol–water partition coefficient (Wildman–Crippen LogP) is 0.264. The van der Waals surface area contributed by atoms with Crippen molar-refractivity contribution in [3.8, 4) is 0 Å². The quantitative estimate of drug-likeness (QED) is 0.787. The van der Waals surface area contributed by atoms with Crippen molar-refractivity contribution in [2.45, 2.75) is 31.8 Å². The summed E-state index contributed by atoms with van der Waals surface area (Å²) >= 11 is 0. The summed E-state index contributed by atoms with van der Waals surface area (Å²) in [5.74, 6) is 0.618. The third-order valence-corrected chi connectivity index (χ3v) is 4.24. The smallest absolute Gasteiger partial charge is 0.151 e. The number of hydrogen-bond acceptors (Lipinski definition) is 4. The van der Waals surface area contributed by atoms with Crippen LogP contribution in [0.25, 0.3) is 0 Å². The third-order valence-electron chi connectivity index (χ3n) is 2.49. The Labute approximate surface area is 98.5 Å². The first-order valence-corrected chi connectivity index (χ1v) is 6.71. The molecule has 0 aromatic heterocycles. The summed E-state index contributed by atoms with van der Waals surface area (Å²) in [7, 11) is -0.834. The Morgan fingerprint density at radius 2 is 2.00 bits per heavy atom. The maximum Gasteiger partial charge on any atom is 0.151 e. The Bertz CT molecular complexity index is 298. The fourth-order valence-electron chi connectivity index (χ4n) is 1.89. The molecular weight excluding hydrogens is 236 g/mol. The molecule has 6 heteroatoms. The summed E-state index contributed by atoms with van der Waals surface area (Å²) in [6.45, 7) is 4.63. The van der Waals surface area contributed by atoms with Crippen LogP contribution < -0.4 is 5.73 Å². The molecule has 1 unspecified atom stereocenters. The Morgan fingerprint density at radius 3 is 2.33 bits per heavy atom. The molecule has 0 saturated carbocycles. The van der Waals surface area contributed by atoms with Gasteiger partial charge in [0.2, 0.25) is 0 Å². The number of nitrogens with zero attached hydrogens (tertiary/aromatic N) is 1. The molecule has 92 valence electrons. The lowest BCUT2D eigenvalue weighted by Crippen LogP contribution is -2.47. The zero-order chi connectivity index (χ0) is 11.0. The molecule has 4 nitrogen and oxygen atoms in total. The molecule has 15 heavy (non-hydrogen) atoms. The summed E-state index contributed by atoms with van der Waals surface area (Å²) < 4.78 is 22.5. The zero-order valence-electron chi connectivity index (χ0n) is 9.56. The van der Waals surface area contributed by atoms with Gasteiger partial charge in [0, 0.05) is 18.1 Å². The monoisotopic (exact) mass is 256 g/mol. The minimum Gasteiger partial charge on any atom is -0.324 e. The van der Waals surface area contributed by atoms with Gasteiger partial charge < -0.3 is 10.6 Å². The van der Waals surface area contributed by atoms with Crippen LogP contribution in [-0.4, -0.2) is 50.0 Å². The highest BCUT2D eigenvalue weighted by Gasteiger charge is 2.31. The van der Waals surface area contributed by atoms with Crippen molar-refractivity contribution in [3.05, 3.63) is 0 Å². The molecule has 0 aromatic carbocycles. The molecule has 1 atom stereocenters. The highest BCUT2D eigenvalue weighted by molar-refractivity contribution is 7.91. The van der Waals surface area contributed by atoms with Crippen LogP contribution >= 0.6 is 12.4 Å². The summed E-state index contributed by atoms with van der Waals surface area (Å²) in [5.41, 5.74) is 5.62. The van der Waals surface area contributed by atoms with Gasteiger partial charge in [-0.3, -0.25) is 0 Å². The molecule has 1 rings (SSSR count). The Hall–Kier alpha value is 0.160. The van der Waals surface area contributed by atoms with E-state index in [1.54, 1.807) is 0 Å². The van der Waals surface area contributed by atoms with Gasteiger partial charge in [0.25, 0.3) is 0 Å². The normalized spacial score (nSPS) is 25.3. The SMILES string of the molecule is CN(CC(C)(C)N)C1CCS(=O)(=O)C1.Cl.